The highest BCUT2D eigenvalue weighted by molar-refractivity contribution is 5.03. The van der Waals surface area contributed by atoms with Crippen LogP contribution in [0.5, 0.6) is 0 Å². The lowest BCUT2D eigenvalue weighted by atomic mass is 9.66. The first-order chi connectivity index (χ1) is 7.74. The van der Waals surface area contributed by atoms with Gasteiger partial charge < -0.3 is 5.32 Å². The van der Waals surface area contributed by atoms with Crippen LogP contribution in [0.15, 0.2) is 12.4 Å². The lowest BCUT2D eigenvalue weighted by molar-refractivity contribution is 0.115. The van der Waals surface area contributed by atoms with E-state index >= 15 is 0 Å². The van der Waals surface area contributed by atoms with Crippen LogP contribution in [0.2, 0.25) is 0 Å². The topological polar surface area (TPSA) is 29.9 Å². The summed E-state index contributed by atoms with van der Waals surface area (Å²) in [6.07, 6.45) is 11.0. The second-order valence-corrected chi connectivity index (χ2v) is 5.23. The van der Waals surface area contributed by atoms with Crippen molar-refractivity contribution >= 4 is 0 Å². The van der Waals surface area contributed by atoms with Gasteiger partial charge in [-0.25, -0.2) is 0 Å². The van der Waals surface area contributed by atoms with E-state index in [1.807, 2.05) is 17.9 Å². The van der Waals surface area contributed by atoms with E-state index in [1.165, 1.54) is 44.2 Å². The molecule has 3 nitrogen and oxygen atoms in total. The zero-order chi connectivity index (χ0) is 11.4. The van der Waals surface area contributed by atoms with E-state index in [0.29, 0.717) is 5.41 Å². The molecule has 1 N–H and O–H groups in total. The van der Waals surface area contributed by atoms with Gasteiger partial charge in [0, 0.05) is 31.9 Å². The summed E-state index contributed by atoms with van der Waals surface area (Å²) >= 11 is 0. The molecule has 0 aromatic carbocycles. The largest absolute Gasteiger partial charge is 0.312 e. The molecule has 0 radical (unpaired) electrons. The molecule has 3 heteroatoms. The molecule has 1 aromatic heterocycles. The van der Waals surface area contributed by atoms with Crippen LogP contribution in [-0.2, 0) is 13.6 Å². The van der Waals surface area contributed by atoms with Gasteiger partial charge in [-0.2, -0.15) is 5.10 Å². The Balaban J connectivity index is 1.74. The van der Waals surface area contributed by atoms with Crippen molar-refractivity contribution in [3.8, 4) is 0 Å². The normalized spacial score (nSPS) is 18.4. The Morgan fingerprint density at radius 1 is 1.50 bits per heavy atom. The second-order valence-electron chi connectivity index (χ2n) is 5.23. The van der Waals surface area contributed by atoms with E-state index < -0.39 is 0 Å². The molecule has 2 rings (SSSR count). The predicted octanol–water partition coefficient (Wildman–Crippen LogP) is 2.48. The SMILES string of the molecule is CCCC1(CNCc2cnn(C)c2)CCC1. The summed E-state index contributed by atoms with van der Waals surface area (Å²) in [6, 6.07) is 0. The van der Waals surface area contributed by atoms with Crippen molar-refractivity contribution in [2.45, 2.75) is 45.6 Å². The third-order valence-corrected chi connectivity index (χ3v) is 3.78. The van der Waals surface area contributed by atoms with Gasteiger partial charge in [-0.15, -0.1) is 0 Å². The fourth-order valence-electron chi connectivity index (χ4n) is 2.76. The summed E-state index contributed by atoms with van der Waals surface area (Å²) in [6.45, 7) is 4.43. The molecule has 0 spiro atoms. The molecule has 1 saturated carbocycles. The fourth-order valence-corrected chi connectivity index (χ4v) is 2.76. The number of hydrogen-bond acceptors (Lipinski definition) is 2. The van der Waals surface area contributed by atoms with Crippen molar-refractivity contribution in [3.63, 3.8) is 0 Å². The minimum Gasteiger partial charge on any atom is -0.312 e. The number of rotatable bonds is 6. The lowest BCUT2D eigenvalue weighted by Crippen LogP contribution is -2.39. The summed E-state index contributed by atoms with van der Waals surface area (Å²) in [5.74, 6) is 0. The highest BCUT2D eigenvalue weighted by atomic mass is 15.2. The van der Waals surface area contributed by atoms with Gasteiger partial charge in [-0.05, 0) is 24.7 Å². The van der Waals surface area contributed by atoms with Crippen LogP contribution in [0.4, 0.5) is 0 Å². The molecule has 16 heavy (non-hydrogen) atoms. The maximum Gasteiger partial charge on any atom is 0.0534 e. The molecule has 0 saturated heterocycles. The molecule has 0 atom stereocenters. The van der Waals surface area contributed by atoms with Crippen molar-refractivity contribution in [2.75, 3.05) is 6.54 Å². The zero-order valence-corrected chi connectivity index (χ0v) is 10.5. The number of nitrogens with zero attached hydrogens (tertiary/aromatic N) is 2. The summed E-state index contributed by atoms with van der Waals surface area (Å²) in [5.41, 5.74) is 1.91. The Kier molecular flexibility index (Phi) is 3.64. The van der Waals surface area contributed by atoms with Crippen molar-refractivity contribution in [1.82, 2.24) is 15.1 Å². The molecule has 1 aliphatic carbocycles. The molecule has 1 fully saturated rings. The van der Waals surface area contributed by atoms with Gasteiger partial charge in [-0.1, -0.05) is 19.8 Å². The highest BCUT2D eigenvalue weighted by Gasteiger charge is 2.35. The average molecular weight is 221 g/mol. The van der Waals surface area contributed by atoms with Crippen molar-refractivity contribution in [1.29, 1.82) is 0 Å². The van der Waals surface area contributed by atoms with Crippen molar-refractivity contribution in [2.24, 2.45) is 12.5 Å². The standard InChI is InChI=1S/C13H23N3/c1-3-5-13(6-4-7-13)11-14-8-12-9-15-16(2)10-12/h9-10,14H,3-8,11H2,1-2H3. The average Bonchev–Trinajstić information content (AvgIpc) is 2.60. The van der Waals surface area contributed by atoms with Gasteiger partial charge in [-0.3, -0.25) is 4.68 Å². The first-order valence-electron chi connectivity index (χ1n) is 6.42. The molecular weight excluding hydrogens is 198 g/mol. The van der Waals surface area contributed by atoms with E-state index in [2.05, 4.69) is 23.5 Å². The first kappa shape index (κ1) is 11.6. The predicted molar refractivity (Wildman–Crippen MR) is 66.1 cm³/mol. The molecule has 0 aliphatic heterocycles. The zero-order valence-electron chi connectivity index (χ0n) is 10.5. The monoisotopic (exact) mass is 221 g/mol. The minimum atomic E-state index is 0.622. The first-order valence-corrected chi connectivity index (χ1v) is 6.42. The quantitative estimate of drug-likeness (QED) is 0.800. The third kappa shape index (κ3) is 2.64. The Labute approximate surface area is 98.2 Å². The minimum absolute atomic E-state index is 0.622. The van der Waals surface area contributed by atoms with Crippen molar-refractivity contribution in [3.05, 3.63) is 18.0 Å². The maximum atomic E-state index is 4.18. The van der Waals surface area contributed by atoms with E-state index in [0.717, 1.165) is 6.54 Å². The van der Waals surface area contributed by atoms with Gasteiger partial charge >= 0.3 is 0 Å². The maximum absolute atomic E-state index is 4.18. The lowest BCUT2D eigenvalue weighted by Gasteiger charge is -2.42. The molecule has 0 bridgehead atoms. The number of hydrogen-bond donors (Lipinski definition) is 1. The summed E-state index contributed by atoms with van der Waals surface area (Å²) in [7, 11) is 1.97. The molecule has 0 amide bonds. The molecular formula is C13H23N3. The van der Waals surface area contributed by atoms with Crippen LogP contribution in [0, 0.1) is 5.41 Å². The Hall–Kier alpha value is -0.830. The van der Waals surface area contributed by atoms with Crippen LogP contribution in [0.25, 0.3) is 0 Å². The van der Waals surface area contributed by atoms with Crippen LogP contribution in [0.3, 0.4) is 0 Å². The smallest absolute Gasteiger partial charge is 0.0534 e. The third-order valence-electron chi connectivity index (χ3n) is 3.78. The molecule has 0 unspecified atom stereocenters. The highest BCUT2D eigenvalue weighted by Crippen LogP contribution is 2.44. The van der Waals surface area contributed by atoms with E-state index in [9.17, 15) is 0 Å². The Morgan fingerprint density at radius 2 is 2.31 bits per heavy atom. The van der Waals surface area contributed by atoms with Gasteiger partial charge in [0.25, 0.3) is 0 Å². The Bertz CT molecular complexity index is 326. The van der Waals surface area contributed by atoms with E-state index in [-0.39, 0.29) is 0 Å². The van der Waals surface area contributed by atoms with E-state index in [1.54, 1.807) is 0 Å². The van der Waals surface area contributed by atoms with Crippen LogP contribution >= 0.6 is 0 Å². The fraction of sp³-hybridized carbons (Fsp3) is 0.769. The van der Waals surface area contributed by atoms with Gasteiger partial charge in [0.2, 0.25) is 0 Å². The van der Waals surface area contributed by atoms with Crippen molar-refractivity contribution < 1.29 is 0 Å². The molecule has 1 heterocycles. The van der Waals surface area contributed by atoms with Crippen LogP contribution < -0.4 is 5.32 Å². The Morgan fingerprint density at radius 3 is 2.81 bits per heavy atom. The van der Waals surface area contributed by atoms with Gasteiger partial charge in [0.05, 0.1) is 6.20 Å². The summed E-state index contributed by atoms with van der Waals surface area (Å²) in [4.78, 5) is 0. The van der Waals surface area contributed by atoms with Gasteiger partial charge in [0.1, 0.15) is 0 Å². The summed E-state index contributed by atoms with van der Waals surface area (Å²) in [5, 5.41) is 7.77. The molecule has 1 aromatic rings. The van der Waals surface area contributed by atoms with Gasteiger partial charge in [0.15, 0.2) is 0 Å². The number of aromatic nitrogens is 2. The number of aryl methyl sites for hydroxylation is 1. The second kappa shape index (κ2) is 5.00. The summed E-state index contributed by atoms with van der Waals surface area (Å²) < 4.78 is 1.86. The molecule has 90 valence electrons. The van der Waals surface area contributed by atoms with Crippen LogP contribution in [0.1, 0.15) is 44.6 Å². The van der Waals surface area contributed by atoms with E-state index in [4.69, 9.17) is 0 Å². The van der Waals surface area contributed by atoms with Crippen LogP contribution in [-0.4, -0.2) is 16.3 Å². The number of nitrogens with one attached hydrogen (secondary N) is 1. The molecule has 1 aliphatic rings.